The van der Waals surface area contributed by atoms with Gasteiger partial charge in [0.2, 0.25) is 11.8 Å². The molecule has 3 heterocycles. The fourth-order valence-corrected chi connectivity index (χ4v) is 14.2. The van der Waals surface area contributed by atoms with Gasteiger partial charge in [-0.25, -0.2) is 0 Å². The highest BCUT2D eigenvalue weighted by Gasteiger charge is 2.56. The number of phenolic OH excluding ortho intramolecular Hbond substituents is 1. The van der Waals surface area contributed by atoms with Gasteiger partial charge < -0.3 is 19.7 Å². The minimum absolute atomic E-state index is 0.123. The third-order valence-corrected chi connectivity index (χ3v) is 17.3. The predicted octanol–water partition coefficient (Wildman–Crippen LogP) is 7.22. The Kier molecular flexibility index (Phi) is 12.2. The molecule has 0 unspecified atom stereocenters. The van der Waals surface area contributed by atoms with Crippen molar-refractivity contribution in [2.24, 2.45) is 17.8 Å². The van der Waals surface area contributed by atoms with Gasteiger partial charge >= 0.3 is 0 Å². The van der Waals surface area contributed by atoms with E-state index in [9.17, 15) is 24.9 Å². The van der Waals surface area contributed by atoms with Gasteiger partial charge in [-0.1, -0.05) is 106 Å². The molecule has 1 aliphatic heterocycles. The van der Waals surface area contributed by atoms with Crippen LogP contribution in [0.3, 0.4) is 0 Å². The molecule has 2 aromatic heterocycles. The van der Waals surface area contributed by atoms with Crippen LogP contribution in [0.2, 0.25) is 5.04 Å². The minimum Gasteiger partial charge on any atom is -0.508 e. The lowest BCUT2D eigenvalue weighted by atomic mass is 9.68. The number of aromatic nitrogens is 1. The lowest BCUT2D eigenvalue weighted by Gasteiger charge is -2.44. The summed E-state index contributed by atoms with van der Waals surface area (Å²) in [6.07, 6.45) is 3.52. The molecule has 1 aliphatic carbocycles. The number of likely N-dealkylation sites (tertiary alicyclic amines) is 1. The van der Waals surface area contributed by atoms with E-state index in [0.717, 1.165) is 37.7 Å². The Hall–Kier alpha value is -4.97. The molecule has 0 saturated carbocycles. The maximum absolute atomic E-state index is 14.3. The number of phenols is 1. The summed E-state index contributed by atoms with van der Waals surface area (Å²) in [5.41, 5.74) is 3.72. The van der Waals surface area contributed by atoms with E-state index in [0.29, 0.717) is 12.0 Å². The summed E-state index contributed by atoms with van der Waals surface area (Å²) >= 11 is 1.49. The molecule has 294 valence electrons. The smallest absolute Gasteiger partial charge is 0.261 e. The number of carbonyl (C=O) groups excluding carboxylic acids is 2. The number of hydrogen-bond acceptors (Lipinski definition) is 8. The molecule has 57 heavy (non-hydrogen) atoms. The van der Waals surface area contributed by atoms with Gasteiger partial charge in [0.15, 0.2) is 0 Å². The first-order chi connectivity index (χ1) is 27.5. The topological polar surface area (TPSA) is 120 Å². The summed E-state index contributed by atoms with van der Waals surface area (Å²) < 4.78 is 7.42. The fraction of sp³-hybridized carbons (Fsp3) is 0.298. The van der Waals surface area contributed by atoms with E-state index >= 15 is 0 Å². The molecule has 0 bridgehead atoms. The van der Waals surface area contributed by atoms with Crippen LogP contribution >= 0.6 is 11.3 Å². The maximum atomic E-state index is 14.3. The van der Waals surface area contributed by atoms with Crippen LogP contribution in [0.1, 0.15) is 56.2 Å². The van der Waals surface area contributed by atoms with Crippen LogP contribution in [0, 0.1) is 17.8 Å². The molecule has 0 spiro atoms. The average Bonchev–Trinajstić information content (AvgIpc) is 3.82. The number of allylic oxidation sites excluding steroid dienone is 1. The summed E-state index contributed by atoms with van der Waals surface area (Å²) in [6, 6.07) is 37.1. The van der Waals surface area contributed by atoms with Crippen molar-refractivity contribution in [2.45, 2.75) is 57.7 Å². The average molecular weight is 799 g/mol. The number of benzene rings is 3. The molecule has 10 heteroatoms. The number of fused-ring (bicyclic) bond motifs is 1. The van der Waals surface area contributed by atoms with E-state index in [1.165, 1.54) is 16.2 Å². The molecule has 2 amide bonds. The number of thiophene rings is 1. The Morgan fingerprint density at radius 3 is 2.23 bits per heavy atom. The summed E-state index contributed by atoms with van der Waals surface area (Å²) in [7, 11) is -3.06. The lowest BCUT2D eigenvalue weighted by molar-refractivity contribution is -0.140. The third kappa shape index (κ3) is 8.24. The Morgan fingerprint density at radius 1 is 0.930 bits per heavy atom. The first-order valence-electron chi connectivity index (χ1n) is 19.6. The van der Waals surface area contributed by atoms with Crippen molar-refractivity contribution in [1.82, 2.24) is 9.88 Å². The molecular weight excluding hydrogens is 749 g/mol. The van der Waals surface area contributed by atoms with E-state index in [4.69, 9.17) is 4.43 Å². The van der Waals surface area contributed by atoms with Gasteiger partial charge in [0.05, 0.1) is 43.4 Å². The van der Waals surface area contributed by atoms with Gasteiger partial charge in [-0.3, -0.25) is 19.5 Å². The van der Waals surface area contributed by atoms with Crippen LogP contribution < -0.4 is 10.4 Å². The summed E-state index contributed by atoms with van der Waals surface area (Å²) in [4.78, 5) is 35.3. The van der Waals surface area contributed by atoms with Crippen molar-refractivity contribution < 1.29 is 29.3 Å². The first-order valence-corrected chi connectivity index (χ1v) is 22.3. The molecule has 4 atom stereocenters. The van der Waals surface area contributed by atoms with Crippen LogP contribution in [0.4, 0.5) is 0 Å². The SMILES string of the molecule is CC(C)(C)[Si](OCC1=C([C@H](O)CC/C(=C/c2cccc(O)c2)c2ccccn2)[C@H](CO)[C@@H]2C(=O)N(Cc3cccs3)C(=O)[C@@H]2C1)(c1ccccc1)c1ccccc1. The Morgan fingerprint density at radius 2 is 1.63 bits per heavy atom. The van der Waals surface area contributed by atoms with E-state index < -0.39 is 38.8 Å². The van der Waals surface area contributed by atoms with Crippen molar-refractivity contribution in [3.05, 3.63) is 154 Å². The highest BCUT2D eigenvalue weighted by Crippen LogP contribution is 2.48. The number of carbonyl (C=O) groups is 2. The first kappa shape index (κ1) is 40.2. The van der Waals surface area contributed by atoms with Gasteiger partial charge in [-0.15, -0.1) is 11.3 Å². The van der Waals surface area contributed by atoms with Crippen LogP contribution in [-0.2, 0) is 20.6 Å². The van der Waals surface area contributed by atoms with Crippen molar-refractivity contribution in [3.8, 4) is 5.75 Å². The van der Waals surface area contributed by atoms with Crippen molar-refractivity contribution in [1.29, 1.82) is 0 Å². The zero-order valence-electron chi connectivity index (χ0n) is 32.6. The van der Waals surface area contributed by atoms with Crippen molar-refractivity contribution >= 4 is 53.5 Å². The molecule has 3 aromatic carbocycles. The number of aliphatic hydroxyl groups excluding tert-OH is 2. The van der Waals surface area contributed by atoms with Gasteiger partial charge in [-0.05, 0) is 98.7 Å². The zero-order chi connectivity index (χ0) is 40.2. The van der Waals surface area contributed by atoms with Crippen molar-refractivity contribution in [3.63, 3.8) is 0 Å². The van der Waals surface area contributed by atoms with Crippen molar-refractivity contribution in [2.75, 3.05) is 13.2 Å². The van der Waals surface area contributed by atoms with Gasteiger partial charge in [-0.2, -0.15) is 0 Å². The van der Waals surface area contributed by atoms with E-state index in [1.54, 1.807) is 24.4 Å². The maximum Gasteiger partial charge on any atom is 0.261 e. The van der Waals surface area contributed by atoms with E-state index in [1.807, 2.05) is 84.3 Å². The molecule has 8 nitrogen and oxygen atoms in total. The monoisotopic (exact) mass is 798 g/mol. The quantitative estimate of drug-likeness (QED) is 0.0617. The number of rotatable bonds is 14. The Labute approximate surface area is 340 Å². The second-order valence-corrected chi connectivity index (χ2v) is 21.4. The van der Waals surface area contributed by atoms with E-state index in [-0.39, 0.29) is 48.6 Å². The molecule has 1 fully saturated rings. The number of pyridine rings is 1. The number of aromatic hydroxyl groups is 1. The summed E-state index contributed by atoms with van der Waals surface area (Å²) in [5.74, 6) is -2.69. The summed E-state index contributed by atoms with van der Waals surface area (Å²) in [5, 5.41) is 37.6. The molecule has 3 N–H and O–H groups in total. The largest absolute Gasteiger partial charge is 0.508 e. The number of imide groups is 1. The van der Waals surface area contributed by atoms with Crippen LogP contribution in [0.5, 0.6) is 5.75 Å². The highest BCUT2D eigenvalue weighted by molar-refractivity contribution is 7.09. The molecule has 7 rings (SSSR count). The van der Waals surface area contributed by atoms with Gasteiger partial charge in [0.1, 0.15) is 5.75 Å². The van der Waals surface area contributed by atoms with Gasteiger partial charge in [0, 0.05) is 17.0 Å². The molecule has 0 radical (unpaired) electrons. The lowest BCUT2D eigenvalue weighted by Crippen LogP contribution is -2.66. The number of nitrogens with zero attached hydrogens (tertiary/aromatic N) is 2. The number of aliphatic hydroxyl groups is 2. The predicted molar refractivity (Wildman–Crippen MR) is 228 cm³/mol. The van der Waals surface area contributed by atoms with E-state index in [2.05, 4.69) is 50.0 Å². The normalized spacial score (nSPS) is 19.6. The molecule has 5 aromatic rings. The summed E-state index contributed by atoms with van der Waals surface area (Å²) in [6.45, 7) is 6.51. The number of hydrogen-bond donors (Lipinski definition) is 3. The second-order valence-electron chi connectivity index (χ2n) is 16.0. The Bertz CT molecular complexity index is 2180. The fourth-order valence-electron chi connectivity index (χ4n) is 8.92. The van der Waals surface area contributed by atoms with Crippen LogP contribution in [0.15, 0.2) is 138 Å². The van der Waals surface area contributed by atoms with Crippen LogP contribution in [0.25, 0.3) is 11.6 Å². The standard InChI is InChI=1S/C47H50N2O6SSi/c1-47(2,3)57(37-17-6-4-7-18-37,38-19-8-5-9-20-38)55-31-34-28-39-44(46(54)49(45(39)53)29-36-16-13-25-56-36)40(30-50)43(34)42(52)23-22-33(41-21-10-11-24-48-41)26-32-14-12-15-35(51)27-32/h4-21,24-27,39-40,42,44,50-52H,22-23,28-31H2,1-3H3/b33-26-/t39-,40+,42-,44-/m1/s1. The van der Waals surface area contributed by atoms with Gasteiger partial charge in [0.25, 0.3) is 8.32 Å². The molecular formula is C47H50N2O6SSi. The second kappa shape index (κ2) is 17.3. The highest BCUT2D eigenvalue weighted by atomic mass is 32.1. The Balaban J connectivity index is 1.30. The minimum atomic E-state index is -3.06. The zero-order valence-corrected chi connectivity index (χ0v) is 34.4. The van der Waals surface area contributed by atoms with Crippen LogP contribution in [-0.4, -0.2) is 64.7 Å². The third-order valence-electron chi connectivity index (χ3n) is 11.5. The number of amides is 2. The molecule has 1 saturated heterocycles. The molecule has 2 aliphatic rings.